The molecular weight excluding hydrogens is 488 g/mol. The summed E-state index contributed by atoms with van der Waals surface area (Å²) in [7, 11) is -2.64. The fourth-order valence-corrected chi connectivity index (χ4v) is 6.02. The van der Waals surface area contributed by atoms with Crippen molar-refractivity contribution in [2.45, 2.75) is 57.0 Å². The molecule has 9 heteroatoms. The van der Waals surface area contributed by atoms with Gasteiger partial charge in [0.15, 0.2) is 0 Å². The van der Waals surface area contributed by atoms with Gasteiger partial charge >= 0.3 is 5.97 Å². The van der Waals surface area contributed by atoms with Gasteiger partial charge < -0.3 is 10.1 Å². The molecule has 0 radical (unpaired) electrons. The van der Waals surface area contributed by atoms with Crippen molar-refractivity contribution in [2.75, 3.05) is 13.7 Å². The molecule has 1 aliphatic rings. The molecule has 35 heavy (non-hydrogen) atoms. The SMILES string of the molecule is COC(=O)CCc1ccc(CN(C2CC(C(C)C)CCNC2=O)S(=O)(=O)c2ccc(Cl)cc2)cc1. The quantitative estimate of drug-likeness (QED) is 0.500. The summed E-state index contributed by atoms with van der Waals surface area (Å²) in [6, 6.07) is 12.6. The highest BCUT2D eigenvalue weighted by Gasteiger charge is 2.39. The lowest BCUT2D eigenvalue weighted by atomic mass is 9.87. The van der Waals surface area contributed by atoms with E-state index in [4.69, 9.17) is 11.6 Å². The minimum atomic E-state index is -4.00. The summed E-state index contributed by atoms with van der Waals surface area (Å²) in [5, 5.41) is 3.35. The van der Waals surface area contributed by atoms with Crippen LogP contribution < -0.4 is 5.32 Å². The smallest absolute Gasteiger partial charge is 0.305 e. The van der Waals surface area contributed by atoms with Crippen molar-refractivity contribution in [3.63, 3.8) is 0 Å². The lowest BCUT2D eigenvalue weighted by molar-refractivity contribution is -0.140. The standard InChI is InChI=1S/C26H33ClN2O5S/c1-18(2)21-14-15-28-26(31)24(16-21)29(35(32,33)23-11-9-22(27)10-12-23)17-20-6-4-19(5-7-20)8-13-25(30)34-3/h4-7,9-12,18,21,24H,8,13-17H2,1-3H3,(H,28,31). The van der Waals surface area contributed by atoms with E-state index in [0.29, 0.717) is 30.3 Å². The zero-order valence-electron chi connectivity index (χ0n) is 20.4. The number of ether oxygens (including phenoxy) is 1. The molecule has 0 spiro atoms. The predicted octanol–water partition coefficient (Wildman–Crippen LogP) is 4.19. The number of esters is 1. The van der Waals surface area contributed by atoms with E-state index >= 15 is 0 Å². The van der Waals surface area contributed by atoms with Gasteiger partial charge in [0.05, 0.1) is 12.0 Å². The van der Waals surface area contributed by atoms with Crippen LogP contribution in [0.3, 0.4) is 0 Å². The van der Waals surface area contributed by atoms with Crippen LogP contribution in [0.25, 0.3) is 0 Å². The molecule has 3 rings (SSSR count). The highest BCUT2D eigenvalue weighted by molar-refractivity contribution is 7.89. The molecule has 0 bridgehead atoms. The van der Waals surface area contributed by atoms with Gasteiger partial charge in [0, 0.05) is 24.5 Å². The van der Waals surface area contributed by atoms with Gasteiger partial charge in [0.25, 0.3) is 0 Å². The van der Waals surface area contributed by atoms with E-state index in [2.05, 4.69) is 23.9 Å². The average Bonchev–Trinajstić information content (AvgIpc) is 3.03. The number of rotatable bonds is 9. The van der Waals surface area contributed by atoms with E-state index in [0.717, 1.165) is 17.5 Å². The molecule has 1 saturated heterocycles. The van der Waals surface area contributed by atoms with E-state index < -0.39 is 16.1 Å². The minimum Gasteiger partial charge on any atom is -0.469 e. The molecule has 1 amide bonds. The lowest BCUT2D eigenvalue weighted by Crippen LogP contribution is -2.48. The Morgan fingerprint density at radius 2 is 1.74 bits per heavy atom. The molecular formula is C26H33ClN2O5S. The number of carbonyl (C=O) groups is 2. The number of hydrogen-bond donors (Lipinski definition) is 1. The fourth-order valence-electron chi connectivity index (χ4n) is 4.31. The van der Waals surface area contributed by atoms with Gasteiger partial charge in [0.2, 0.25) is 15.9 Å². The third-order valence-corrected chi connectivity index (χ3v) is 8.68. The number of methoxy groups -OCH3 is 1. The second kappa shape index (κ2) is 12.0. The molecule has 0 aliphatic carbocycles. The Bertz CT molecular complexity index is 1120. The molecule has 2 atom stereocenters. The number of halogens is 1. The van der Waals surface area contributed by atoms with Crippen molar-refractivity contribution in [2.24, 2.45) is 11.8 Å². The number of sulfonamides is 1. The Morgan fingerprint density at radius 1 is 1.11 bits per heavy atom. The maximum atomic E-state index is 13.8. The van der Waals surface area contributed by atoms with Gasteiger partial charge in [-0.05, 0) is 66.5 Å². The minimum absolute atomic E-state index is 0.0468. The summed E-state index contributed by atoms with van der Waals surface area (Å²) in [4.78, 5) is 24.6. The number of aryl methyl sites for hydroxylation is 1. The highest BCUT2D eigenvalue weighted by Crippen LogP contribution is 2.30. The first-order valence-electron chi connectivity index (χ1n) is 11.8. The van der Waals surface area contributed by atoms with Crippen LogP contribution in [0.2, 0.25) is 5.02 Å². The second-order valence-corrected chi connectivity index (χ2v) is 11.6. The van der Waals surface area contributed by atoms with Crippen LogP contribution >= 0.6 is 11.6 Å². The van der Waals surface area contributed by atoms with Gasteiger partial charge in [-0.1, -0.05) is 49.7 Å². The molecule has 190 valence electrons. The van der Waals surface area contributed by atoms with Gasteiger partial charge in [-0.3, -0.25) is 9.59 Å². The summed E-state index contributed by atoms with van der Waals surface area (Å²) in [5.41, 5.74) is 1.70. The molecule has 1 aliphatic heterocycles. The van der Waals surface area contributed by atoms with E-state index in [-0.39, 0.29) is 35.7 Å². The highest BCUT2D eigenvalue weighted by atomic mass is 35.5. The second-order valence-electron chi connectivity index (χ2n) is 9.23. The molecule has 0 saturated carbocycles. The molecule has 2 aromatic rings. The third kappa shape index (κ3) is 7.06. The maximum Gasteiger partial charge on any atom is 0.305 e. The lowest BCUT2D eigenvalue weighted by Gasteiger charge is -2.31. The number of nitrogens with zero attached hydrogens (tertiary/aromatic N) is 1. The molecule has 2 unspecified atom stereocenters. The van der Waals surface area contributed by atoms with E-state index in [1.807, 2.05) is 24.3 Å². The number of amides is 1. The van der Waals surface area contributed by atoms with Crippen molar-refractivity contribution in [3.8, 4) is 0 Å². The predicted molar refractivity (Wildman–Crippen MR) is 135 cm³/mol. The molecule has 1 fully saturated rings. The molecule has 1 heterocycles. The van der Waals surface area contributed by atoms with Gasteiger partial charge in [-0.25, -0.2) is 8.42 Å². The zero-order valence-corrected chi connectivity index (χ0v) is 21.9. The topological polar surface area (TPSA) is 92.8 Å². The van der Waals surface area contributed by atoms with Crippen molar-refractivity contribution in [1.29, 1.82) is 0 Å². The summed E-state index contributed by atoms with van der Waals surface area (Å²) >= 11 is 5.99. The number of carbonyl (C=O) groups excluding carboxylic acids is 2. The Labute approximate surface area is 212 Å². The van der Waals surface area contributed by atoms with E-state index in [1.54, 1.807) is 0 Å². The van der Waals surface area contributed by atoms with Gasteiger partial charge in [-0.2, -0.15) is 4.31 Å². The van der Waals surface area contributed by atoms with Crippen molar-refractivity contribution in [3.05, 3.63) is 64.7 Å². The maximum absolute atomic E-state index is 13.8. The Balaban J connectivity index is 1.94. The van der Waals surface area contributed by atoms with Crippen LogP contribution in [0.1, 0.15) is 44.2 Å². The van der Waals surface area contributed by atoms with E-state index in [9.17, 15) is 18.0 Å². The summed E-state index contributed by atoms with van der Waals surface area (Å²) in [5.74, 6) is -0.0317. The Morgan fingerprint density at radius 3 is 2.34 bits per heavy atom. The van der Waals surface area contributed by atoms with Crippen LogP contribution in [-0.2, 0) is 37.3 Å². The fraction of sp³-hybridized carbons (Fsp3) is 0.462. The van der Waals surface area contributed by atoms with Crippen LogP contribution in [0, 0.1) is 11.8 Å². The zero-order chi connectivity index (χ0) is 25.6. The summed E-state index contributed by atoms with van der Waals surface area (Å²) in [6.45, 7) is 4.78. The van der Waals surface area contributed by atoms with Crippen LogP contribution in [-0.4, -0.2) is 44.3 Å². The largest absolute Gasteiger partial charge is 0.469 e. The van der Waals surface area contributed by atoms with Crippen LogP contribution in [0.5, 0.6) is 0 Å². The Kier molecular flexibility index (Phi) is 9.33. The molecule has 0 aromatic heterocycles. The van der Waals surface area contributed by atoms with Crippen molar-refractivity contribution < 1.29 is 22.7 Å². The molecule has 1 N–H and O–H groups in total. The normalized spacial score (nSPS) is 18.9. The van der Waals surface area contributed by atoms with Crippen molar-refractivity contribution in [1.82, 2.24) is 9.62 Å². The number of nitrogens with one attached hydrogen (secondary N) is 1. The first kappa shape index (κ1) is 27.2. The average molecular weight is 521 g/mol. The number of benzene rings is 2. The number of hydrogen-bond acceptors (Lipinski definition) is 5. The monoisotopic (exact) mass is 520 g/mol. The molecule has 2 aromatic carbocycles. The molecule has 7 nitrogen and oxygen atoms in total. The first-order chi connectivity index (χ1) is 16.6. The van der Waals surface area contributed by atoms with Crippen LogP contribution in [0.4, 0.5) is 0 Å². The summed E-state index contributed by atoms with van der Waals surface area (Å²) < 4.78 is 33.6. The van der Waals surface area contributed by atoms with Gasteiger partial charge in [0.1, 0.15) is 6.04 Å². The Hall–Kier alpha value is -2.42. The van der Waals surface area contributed by atoms with Gasteiger partial charge in [-0.15, -0.1) is 0 Å². The van der Waals surface area contributed by atoms with Crippen LogP contribution in [0.15, 0.2) is 53.4 Å². The third-order valence-electron chi connectivity index (χ3n) is 6.56. The van der Waals surface area contributed by atoms with E-state index in [1.165, 1.54) is 35.7 Å². The summed E-state index contributed by atoms with van der Waals surface area (Å²) in [6.07, 6.45) is 2.06. The first-order valence-corrected chi connectivity index (χ1v) is 13.6. The van der Waals surface area contributed by atoms with Crippen molar-refractivity contribution >= 4 is 33.5 Å².